The summed E-state index contributed by atoms with van der Waals surface area (Å²) in [7, 11) is 0. The van der Waals surface area contributed by atoms with Crippen LogP contribution >= 0.6 is 34.8 Å². The first kappa shape index (κ1) is 17.8. The summed E-state index contributed by atoms with van der Waals surface area (Å²) in [5, 5.41) is 12.6. The minimum Gasteiger partial charge on any atom is -0.308 e. The van der Waals surface area contributed by atoms with Gasteiger partial charge in [0.1, 0.15) is 6.54 Å². The van der Waals surface area contributed by atoms with E-state index in [-0.39, 0.29) is 12.5 Å². The number of aromatic nitrogens is 4. The predicted molar refractivity (Wildman–Crippen MR) is 98.4 cm³/mol. The van der Waals surface area contributed by atoms with Crippen LogP contribution in [0.3, 0.4) is 0 Å². The third kappa shape index (κ3) is 4.34. The maximum Gasteiger partial charge on any atom is 0.247 e. The maximum absolute atomic E-state index is 12.1. The van der Waals surface area contributed by atoms with Gasteiger partial charge in [-0.15, -0.1) is 0 Å². The van der Waals surface area contributed by atoms with Crippen LogP contribution in [0.25, 0.3) is 0 Å². The number of nitrogens with zero attached hydrogens (tertiary/aromatic N) is 4. The summed E-state index contributed by atoms with van der Waals surface area (Å²) in [5.41, 5.74) is 1.69. The van der Waals surface area contributed by atoms with Crippen LogP contribution in [0, 0.1) is 6.92 Å². The van der Waals surface area contributed by atoms with Gasteiger partial charge in [-0.25, -0.2) is 0 Å². The van der Waals surface area contributed by atoms with E-state index in [9.17, 15) is 4.79 Å². The fraction of sp³-hybridized carbons (Fsp3) is 0.188. The molecule has 0 saturated carbocycles. The van der Waals surface area contributed by atoms with Gasteiger partial charge < -0.3 is 5.32 Å². The molecular formula is C16H14Cl3N5O. The van der Waals surface area contributed by atoms with Crippen LogP contribution in [0.4, 0.5) is 5.82 Å². The van der Waals surface area contributed by atoms with Crippen molar-refractivity contribution in [1.82, 2.24) is 19.6 Å². The highest BCUT2D eigenvalue weighted by Gasteiger charge is 2.10. The van der Waals surface area contributed by atoms with Crippen molar-refractivity contribution in [2.45, 2.75) is 20.0 Å². The number of amides is 1. The largest absolute Gasteiger partial charge is 0.308 e. The molecule has 3 rings (SSSR count). The average molecular weight is 399 g/mol. The number of carbonyl (C=O) groups is 1. The smallest absolute Gasteiger partial charge is 0.247 e. The minimum atomic E-state index is -0.234. The van der Waals surface area contributed by atoms with E-state index in [1.165, 1.54) is 10.9 Å². The molecule has 0 bridgehead atoms. The zero-order valence-corrected chi connectivity index (χ0v) is 15.5. The Labute approximate surface area is 159 Å². The number of halogens is 3. The minimum absolute atomic E-state index is 0.0677. The van der Waals surface area contributed by atoms with E-state index in [1.54, 1.807) is 36.0 Å². The lowest BCUT2D eigenvalue weighted by Gasteiger charge is -2.05. The lowest BCUT2D eigenvalue weighted by Crippen LogP contribution is -2.20. The van der Waals surface area contributed by atoms with E-state index in [0.29, 0.717) is 27.4 Å². The Morgan fingerprint density at radius 2 is 1.96 bits per heavy atom. The molecule has 0 aliphatic rings. The van der Waals surface area contributed by atoms with Gasteiger partial charge in [0.2, 0.25) is 5.91 Å². The van der Waals surface area contributed by atoms with Crippen LogP contribution in [0.15, 0.2) is 36.7 Å². The van der Waals surface area contributed by atoms with Gasteiger partial charge in [-0.1, -0.05) is 40.9 Å². The second-order valence-corrected chi connectivity index (χ2v) is 6.65. The molecule has 3 aromatic rings. The van der Waals surface area contributed by atoms with Crippen LogP contribution in [0.2, 0.25) is 15.1 Å². The molecule has 2 heterocycles. The van der Waals surface area contributed by atoms with Gasteiger partial charge in [-0.2, -0.15) is 10.2 Å². The van der Waals surface area contributed by atoms with E-state index < -0.39 is 0 Å². The summed E-state index contributed by atoms with van der Waals surface area (Å²) < 4.78 is 3.23. The topological polar surface area (TPSA) is 64.7 Å². The Morgan fingerprint density at radius 1 is 1.16 bits per heavy atom. The van der Waals surface area contributed by atoms with E-state index in [0.717, 1.165) is 11.3 Å². The molecule has 25 heavy (non-hydrogen) atoms. The van der Waals surface area contributed by atoms with Gasteiger partial charge in [0.25, 0.3) is 0 Å². The van der Waals surface area contributed by atoms with Crippen molar-refractivity contribution in [1.29, 1.82) is 0 Å². The molecule has 0 aliphatic heterocycles. The third-order valence-electron chi connectivity index (χ3n) is 3.57. The van der Waals surface area contributed by atoms with Gasteiger partial charge in [0.05, 0.1) is 33.5 Å². The second kappa shape index (κ2) is 7.47. The Morgan fingerprint density at radius 3 is 2.64 bits per heavy atom. The number of anilines is 1. The lowest BCUT2D eigenvalue weighted by atomic mass is 10.2. The summed E-state index contributed by atoms with van der Waals surface area (Å²) in [6.07, 6.45) is 3.28. The molecule has 6 nitrogen and oxygen atoms in total. The standard InChI is InChI=1S/C16H14Cl3N5O/c1-10-14(19)7-20-24(10)9-16(25)21-15-4-5-23(22-15)8-11-2-3-12(17)13(18)6-11/h2-7H,8-9H2,1H3,(H,21,22,25). The Kier molecular flexibility index (Phi) is 5.32. The average Bonchev–Trinajstić information content (AvgIpc) is 3.12. The molecule has 130 valence electrons. The number of rotatable bonds is 5. The number of hydrogen-bond acceptors (Lipinski definition) is 3. The third-order valence-corrected chi connectivity index (χ3v) is 4.68. The molecule has 0 aliphatic carbocycles. The number of hydrogen-bond donors (Lipinski definition) is 1. The van der Waals surface area contributed by atoms with Crippen LogP contribution < -0.4 is 5.32 Å². The molecule has 0 unspecified atom stereocenters. The van der Waals surface area contributed by atoms with E-state index in [4.69, 9.17) is 34.8 Å². The molecular weight excluding hydrogens is 385 g/mol. The summed E-state index contributed by atoms with van der Waals surface area (Å²) in [6, 6.07) is 7.12. The van der Waals surface area contributed by atoms with Crippen molar-refractivity contribution in [3.05, 3.63) is 63.0 Å². The summed E-state index contributed by atoms with van der Waals surface area (Å²) in [5.74, 6) is 0.226. The quantitative estimate of drug-likeness (QED) is 0.705. The molecule has 2 aromatic heterocycles. The SMILES string of the molecule is Cc1c(Cl)cnn1CC(=O)Nc1ccn(Cc2ccc(Cl)c(Cl)c2)n1. The first-order valence-corrected chi connectivity index (χ1v) is 8.51. The fourth-order valence-corrected chi connectivity index (χ4v) is 2.70. The normalized spacial score (nSPS) is 10.9. The maximum atomic E-state index is 12.1. The van der Waals surface area contributed by atoms with Gasteiger partial charge in [-0.3, -0.25) is 14.2 Å². The molecule has 0 saturated heterocycles. The van der Waals surface area contributed by atoms with Crippen molar-refractivity contribution >= 4 is 46.5 Å². The molecule has 1 aromatic carbocycles. The molecule has 1 amide bonds. The monoisotopic (exact) mass is 397 g/mol. The van der Waals surface area contributed by atoms with Crippen molar-refractivity contribution < 1.29 is 4.79 Å². The first-order chi connectivity index (χ1) is 11.9. The highest BCUT2D eigenvalue weighted by atomic mass is 35.5. The summed E-state index contributed by atoms with van der Waals surface area (Å²) in [4.78, 5) is 12.1. The lowest BCUT2D eigenvalue weighted by molar-refractivity contribution is -0.117. The van der Waals surface area contributed by atoms with Crippen molar-refractivity contribution in [2.24, 2.45) is 0 Å². The second-order valence-electron chi connectivity index (χ2n) is 5.43. The van der Waals surface area contributed by atoms with Gasteiger partial charge >= 0.3 is 0 Å². The van der Waals surface area contributed by atoms with Gasteiger partial charge in [-0.05, 0) is 24.6 Å². The van der Waals surface area contributed by atoms with Gasteiger partial charge in [0.15, 0.2) is 5.82 Å². The highest BCUT2D eigenvalue weighted by Crippen LogP contribution is 2.23. The first-order valence-electron chi connectivity index (χ1n) is 7.37. The van der Waals surface area contributed by atoms with E-state index in [1.807, 2.05) is 6.07 Å². The molecule has 1 N–H and O–H groups in total. The Bertz CT molecular complexity index is 918. The van der Waals surface area contributed by atoms with Crippen LogP contribution in [0.1, 0.15) is 11.3 Å². The molecule has 0 atom stereocenters. The number of benzene rings is 1. The van der Waals surface area contributed by atoms with E-state index in [2.05, 4.69) is 15.5 Å². The molecule has 0 spiro atoms. The molecule has 0 radical (unpaired) electrons. The Balaban J connectivity index is 1.62. The molecule has 9 heteroatoms. The van der Waals surface area contributed by atoms with Crippen molar-refractivity contribution in [3.63, 3.8) is 0 Å². The molecule has 0 fully saturated rings. The zero-order chi connectivity index (χ0) is 18.0. The summed E-state index contributed by atoms with van der Waals surface area (Å²) >= 11 is 17.8. The van der Waals surface area contributed by atoms with Crippen molar-refractivity contribution in [2.75, 3.05) is 5.32 Å². The predicted octanol–water partition coefficient (Wildman–Crippen LogP) is 4.04. The number of carbonyl (C=O) groups excluding carboxylic acids is 1. The number of nitrogens with one attached hydrogen (secondary N) is 1. The van der Waals surface area contributed by atoms with Crippen LogP contribution in [-0.2, 0) is 17.9 Å². The van der Waals surface area contributed by atoms with Crippen LogP contribution in [-0.4, -0.2) is 25.5 Å². The fourth-order valence-electron chi connectivity index (χ4n) is 2.24. The van der Waals surface area contributed by atoms with Crippen molar-refractivity contribution in [3.8, 4) is 0 Å². The van der Waals surface area contributed by atoms with Gasteiger partial charge in [0, 0.05) is 12.3 Å². The Hall–Kier alpha value is -2.02. The van der Waals surface area contributed by atoms with Crippen LogP contribution in [0.5, 0.6) is 0 Å². The highest BCUT2D eigenvalue weighted by molar-refractivity contribution is 6.42. The summed E-state index contributed by atoms with van der Waals surface area (Å²) in [6.45, 7) is 2.38. The van der Waals surface area contributed by atoms with E-state index >= 15 is 0 Å². The zero-order valence-electron chi connectivity index (χ0n) is 13.2.